The smallest absolute Gasteiger partial charge is 0.265 e. The second-order valence-corrected chi connectivity index (χ2v) is 5.51. The van der Waals surface area contributed by atoms with Crippen LogP contribution >= 0.6 is 11.6 Å². The van der Waals surface area contributed by atoms with Crippen molar-refractivity contribution in [3.05, 3.63) is 53.6 Å². The number of rotatable bonds is 7. The van der Waals surface area contributed by atoms with Gasteiger partial charge < -0.3 is 14.8 Å². The van der Waals surface area contributed by atoms with E-state index in [4.69, 9.17) is 21.1 Å². The number of benzene rings is 2. The zero-order valence-electron chi connectivity index (χ0n) is 13.2. The molecule has 1 N–H and O–H groups in total. The van der Waals surface area contributed by atoms with Gasteiger partial charge in [-0.1, -0.05) is 18.5 Å². The monoisotopic (exact) mass is 333 g/mol. The van der Waals surface area contributed by atoms with Crippen molar-refractivity contribution >= 4 is 23.2 Å². The molecule has 0 saturated heterocycles. The first-order valence-corrected chi connectivity index (χ1v) is 7.92. The van der Waals surface area contributed by atoms with Gasteiger partial charge in [-0.25, -0.2) is 0 Å². The highest BCUT2D eigenvalue weighted by Gasteiger charge is 2.14. The van der Waals surface area contributed by atoms with Crippen LogP contribution in [0.4, 0.5) is 5.69 Å². The molecule has 1 atom stereocenters. The van der Waals surface area contributed by atoms with E-state index in [1.807, 2.05) is 12.1 Å². The first kappa shape index (κ1) is 17.2. The van der Waals surface area contributed by atoms with Gasteiger partial charge >= 0.3 is 0 Å². The van der Waals surface area contributed by atoms with Gasteiger partial charge in [-0.15, -0.1) is 0 Å². The molecule has 1 amide bonds. The molecular formula is C18H20ClNO3. The molecule has 4 nitrogen and oxygen atoms in total. The van der Waals surface area contributed by atoms with E-state index in [-0.39, 0.29) is 5.91 Å². The van der Waals surface area contributed by atoms with Crippen LogP contribution in [0, 0.1) is 0 Å². The van der Waals surface area contributed by atoms with Gasteiger partial charge in [-0.3, -0.25) is 4.79 Å². The molecule has 2 aromatic carbocycles. The number of amides is 1. The van der Waals surface area contributed by atoms with Gasteiger partial charge in [0.15, 0.2) is 6.10 Å². The number of ether oxygens (including phenoxy) is 2. The maximum absolute atomic E-state index is 12.1. The number of hydrogen-bond donors (Lipinski definition) is 1. The summed E-state index contributed by atoms with van der Waals surface area (Å²) in [5.74, 6) is 1.16. The Labute approximate surface area is 141 Å². The van der Waals surface area contributed by atoms with Crippen LogP contribution in [0.15, 0.2) is 48.5 Å². The van der Waals surface area contributed by atoms with Crippen molar-refractivity contribution in [2.45, 2.75) is 26.4 Å². The van der Waals surface area contributed by atoms with Crippen LogP contribution in [-0.2, 0) is 4.79 Å². The molecule has 2 rings (SSSR count). The average molecular weight is 334 g/mol. The van der Waals surface area contributed by atoms with Crippen LogP contribution in [0.1, 0.15) is 20.3 Å². The fraction of sp³-hybridized carbons (Fsp3) is 0.278. The summed E-state index contributed by atoms with van der Waals surface area (Å²) in [5, 5.41) is 3.44. The minimum atomic E-state index is -0.618. The standard InChI is InChI=1S/C18H20ClNO3/c1-3-12-22-16-10-6-15(7-11-16)20-18(21)13(2)23-17-8-4-14(19)5-9-17/h4-11,13H,3,12H2,1-2H3,(H,20,21)/t13-/m1/s1. The number of anilines is 1. The molecule has 5 heteroatoms. The maximum atomic E-state index is 12.1. The molecule has 0 saturated carbocycles. The van der Waals surface area contributed by atoms with Crippen molar-refractivity contribution in [3.63, 3.8) is 0 Å². The molecule has 0 aliphatic carbocycles. The van der Waals surface area contributed by atoms with Crippen LogP contribution < -0.4 is 14.8 Å². The van der Waals surface area contributed by atoms with Gasteiger partial charge in [0.2, 0.25) is 0 Å². The number of hydrogen-bond acceptors (Lipinski definition) is 3. The van der Waals surface area contributed by atoms with Gasteiger partial charge in [0, 0.05) is 10.7 Å². The molecule has 0 aliphatic heterocycles. The lowest BCUT2D eigenvalue weighted by molar-refractivity contribution is -0.122. The zero-order valence-corrected chi connectivity index (χ0v) is 14.0. The molecule has 0 fully saturated rings. The van der Waals surface area contributed by atoms with E-state index in [2.05, 4.69) is 12.2 Å². The van der Waals surface area contributed by atoms with Gasteiger partial charge in [-0.2, -0.15) is 0 Å². The molecule has 2 aromatic rings. The summed E-state index contributed by atoms with van der Waals surface area (Å²) >= 11 is 5.82. The highest BCUT2D eigenvalue weighted by molar-refractivity contribution is 6.30. The van der Waals surface area contributed by atoms with E-state index in [1.54, 1.807) is 43.3 Å². The highest BCUT2D eigenvalue weighted by Crippen LogP contribution is 2.18. The molecule has 0 spiro atoms. The highest BCUT2D eigenvalue weighted by atomic mass is 35.5. The number of carbonyl (C=O) groups is 1. The van der Waals surface area contributed by atoms with Crippen LogP contribution in [0.2, 0.25) is 5.02 Å². The summed E-state index contributed by atoms with van der Waals surface area (Å²) in [6, 6.07) is 14.2. The average Bonchev–Trinajstić information content (AvgIpc) is 2.56. The Morgan fingerprint density at radius 2 is 1.70 bits per heavy atom. The summed E-state index contributed by atoms with van der Waals surface area (Å²) in [7, 11) is 0. The van der Waals surface area contributed by atoms with E-state index in [9.17, 15) is 4.79 Å². The van der Waals surface area contributed by atoms with Crippen LogP contribution in [0.25, 0.3) is 0 Å². The Balaban J connectivity index is 1.88. The second-order valence-electron chi connectivity index (χ2n) is 5.08. The second kappa shape index (κ2) is 8.44. The minimum absolute atomic E-state index is 0.220. The fourth-order valence-electron chi connectivity index (χ4n) is 1.87. The van der Waals surface area contributed by atoms with Gasteiger partial charge in [0.25, 0.3) is 5.91 Å². The third-order valence-corrected chi connectivity index (χ3v) is 3.34. The van der Waals surface area contributed by atoms with Crippen LogP contribution in [0.5, 0.6) is 11.5 Å². The lowest BCUT2D eigenvalue weighted by Crippen LogP contribution is -2.30. The molecule has 0 aliphatic rings. The van der Waals surface area contributed by atoms with Crippen molar-refractivity contribution in [2.75, 3.05) is 11.9 Å². The molecule has 0 radical (unpaired) electrons. The first-order valence-electron chi connectivity index (χ1n) is 7.54. The summed E-state index contributed by atoms with van der Waals surface area (Å²) < 4.78 is 11.1. The fourth-order valence-corrected chi connectivity index (χ4v) is 2.00. The van der Waals surface area contributed by atoms with Crippen molar-refractivity contribution in [1.82, 2.24) is 0 Å². The minimum Gasteiger partial charge on any atom is -0.494 e. The molecule has 0 heterocycles. The lowest BCUT2D eigenvalue weighted by atomic mass is 10.2. The van der Waals surface area contributed by atoms with E-state index in [0.717, 1.165) is 12.2 Å². The Morgan fingerprint density at radius 3 is 2.30 bits per heavy atom. The van der Waals surface area contributed by atoms with Gasteiger partial charge in [0.1, 0.15) is 11.5 Å². The summed E-state index contributed by atoms with van der Waals surface area (Å²) in [4.78, 5) is 12.1. The zero-order chi connectivity index (χ0) is 16.7. The molecule has 0 unspecified atom stereocenters. The van der Waals surface area contributed by atoms with E-state index < -0.39 is 6.10 Å². The quantitative estimate of drug-likeness (QED) is 0.809. The third kappa shape index (κ3) is 5.49. The first-order chi connectivity index (χ1) is 11.1. The predicted octanol–water partition coefficient (Wildman–Crippen LogP) is 4.53. The molecule has 0 aromatic heterocycles. The van der Waals surface area contributed by atoms with Crippen molar-refractivity contribution in [1.29, 1.82) is 0 Å². The molecule has 122 valence electrons. The Bertz CT molecular complexity index is 626. The van der Waals surface area contributed by atoms with Crippen molar-refractivity contribution in [3.8, 4) is 11.5 Å². The maximum Gasteiger partial charge on any atom is 0.265 e. The Hall–Kier alpha value is -2.20. The lowest BCUT2D eigenvalue weighted by Gasteiger charge is -2.15. The molecule has 23 heavy (non-hydrogen) atoms. The number of halogens is 1. The number of nitrogens with one attached hydrogen (secondary N) is 1. The normalized spacial score (nSPS) is 11.6. The van der Waals surface area contributed by atoms with E-state index >= 15 is 0 Å². The van der Waals surface area contributed by atoms with Crippen molar-refractivity contribution in [2.24, 2.45) is 0 Å². The summed E-state index contributed by atoms with van der Waals surface area (Å²) in [6.07, 6.45) is 0.338. The third-order valence-electron chi connectivity index (χ3n) is 3.09. The predicted molar refractivity (Wildman–Crippen MR) is 92.4 cm³/mol. The Morgan fingerprint density at radius 1 is 1.09 bits per heavy atom. The van der Waals surface area contributed by atoms with Gasteiger partial charge in [0.05, 0.1) is 6.61 Å². The SMILES string of the molecule is CCCOc1ccc(NC(=O)[C@@H](C)Oc2ccc(Cl)cc2)cc1. The van der Waals surface area contributed by atoms with Crippen LogP contribution in [-0.4, -0.2) is 18.6 Å². The topological polar surface area (TPSA) is 47.6 Å². The summed E-state index contributed by atoms with van der Waals surface area (Å²) in [5.41, 5.74) is 0.699. The van der Waals surface area contributed by atoms with Crippen molar-refractivity contribution < 1.29 is 14.3 Å². The van der Waals surface area contributed by atoms with E-state index in [0.29, 0.717) is 23.1 Å². The largest absolute Gasteiger partial charge is 0.494 e. The van der Waals surface area contributed by atoms with E-state index in [1.165, 1.54) is 0 Å². The van der Waals surface area contributed by atoms with Crippen LogP contribution in [0.3, 0.4) is 0 Å². The molecular weight excluding hydrogens is 314 g/mol. The number of carbonyl (C=O) groups excluding carboxylic acids is 1. The Kier molecular flexibility index (Phi) is 6.29. The van der Waals surface area contributed by atoms with Gasteiger partial charge in [-0.05, 0) is 61.9 Å². The molecule has 0 bridgehead atoms. The summed E-state index contributed by atoms with van der Waals surface area (Å²) in [6.45, 7) is 4.43.